The first-order valence-electron chi connectivity index (χ1n) is 8.99. The van der Waals surface area contributed by atoms with Crippen LogP contribution < -0.4 is 21.7 Å². The predicted molar refractivity (Wildman–Crippen MR) is 106 cm³/mol. The Kier molecular flexibility index (Phi) is 6.27. The second kappa shape index (κ2) is 9.05. The van der Waals surface area contributed by atoms with Gasteiger partial charge in [0, 0.05) is 30.2 Å². The van der Waals surface area contributed by atoms with Crippen LogP contribution in [0, 0.1) is 0 Å². The second-order valence-corrected chi connectivity index (χ2v) is 6.51. The van der Waals surface area contributed by atoms with E-state index in [2.05, 4.69) is 16.0 Å². The Hall–Kier alpha value is -3.06. The summed E-state index contributed by atoms with van der Waals surface area (Å²) in [6, 6.07) is 13.9. The van der Waals surface area contributed by atoms with Crippen LogP contribution >= 0.6 is 0 Å². The lowest BCUT2D eigenvalue weighted by Gasteiger charge is -2.12. The van der Waals surface area contributed by atoms with E-state index in [0.717, 1.165) is 25.0 Å². The molecule has 1 atom stereocenters. The average Bonchev–Trinajstić information content (AvgIpc) is 3.17. The van der Waals surface area contributed by atoms with Crippen LogP contribution in [0.4, 0.5) is 21.9 Å². The van der Waals surface area contributed by atoms with E-state index in [1.807, 2.05) is 12.1 Å². The number of amides is 3. The van der Waals surface area contributed by atoms with Crippen LogP contribution in [0.15, 0.2) is 48.5 Å². The Morgan fingerprint density at radius 1 is 1.00 bits per heavy atom. The summed E-state index contributed by atoms with van der Waals surface area (Å²) in [6.45, 7) is 1.27. The maximum absolute atomic E-state index is 12.1. The van der Waals surface area contributed by atoms with E-state index >= 15 is 0 Å². The van der Waals surface area contributed by atoms with Gasteiger partial charge in [-0.3, -0.25) is 4.79 Å². The van der Waals surface area contributed by atoms with Crippen molar-refractivity contribution in [2.24, 2.45) is 0 Å². The van der Waals surface area contributed by atoms with Crippen molar-refractivity contribution in [2.45, 2.75) is 25.4 Å². The Labute approximate surface area is 158 Å². The summed E-state index contributed by atoms with van der Waals surface area (Å²) in [5.41, 5.74) is 8.52. The van der Waals surface area contributed by atoms with E-state index in [9.17, 15) is 9.59 Å². The molecule has 7 nitrogen and oxygen atoms in total. The number of urea groups is 1. The minimum atomic E-state index is -0.273. The van der Waals surface area contributed by atoms with Gasteiger partial charge in [-0.25, -0.2) is 4.79 Å². The first kappa shape index (κ1) is 18.7. The maximum atomic E-state index is 12.1. The number of nitrogens with two attached hydrogens (primary N) is 1. The zero-order valence-electron chi connectivity index (χ0n) is 15.0. The number of nitrogens with one attached hydrogen (secondary N) is 3. The fraction of sp³-hybridized carbons (Fsp3) is 0.300. The smallest absolute Gasteiger partial charge is 0.319 e. The number of carbonyl (C=O) groups excluding carboxylic acids is 2. The van der Waals surface area contributed by atoms with Crippen molar-refractivity contribution < 1.29 is 14.3 Å². The van der Waals surface area contributed by atoms with Gasteiger partial charge in [-0.05, 0) is 54.8 Å². The highest BCUT2D eigenvalue weighted by atomic mass is 16.5. The molecule has 3 rings (SSSR count). The van der Waals surface area contributed by atoms with Crippen molar-refractivity contribution in [3.63, 3.8) is 0 Å². The first-order valence-corrected chi connectivity index (χ1v) is 8.99. The van der Waals surface area contributed by atoms with Gasteiger partial charge in [-0.1, -0.05) is 12.1 Å². The van der Waals surface area contributed by atoms with Crippen molar-refractivity contribution in [2.75, 3.05) is 29.5 Å². The fourth-order valence-corrected chi connectivity index (χ4v) is 2.85. The summed E-state index contributed by atoms with van der Waals surface area (Å²) in [6.07, 6.45) is 2.39. The molecule has 0 saturated carbocycles. The monoisotopic (exact) mass is 368 g/mol. The van der Waals surface area contributed by atoms with Gasteiger partial charge in [0.1, 0.15) is 0 Å². The van der Waals surface area contributed by atoms with Crippen molar-refractivity contribution in [1.82, 2.24) is 5.32 Å². The highest BCUT2D eigenvalue weighted by Gasteiger charge is 2.16. The number of carbonyl (C=O) groups is 2. The van der Waals surface area contributed by atoms with Crippen LogP contribution in [0.5, 0.6) is 0 Å². The molecular weight excluding hydrogens is 344 g/mol. The zero-order valence-corrected chi connectivity index (χ0v) is 15.0. The molecule has 27 heavy (non-hydrogen) atoms. The molecule has 5 N–H and O–H groups in total. The number of anilines is 3. The molecule has 0 aromatic heterocycles. The maximum Gasteiger partial charge on any atom is 0.319 e. The molecule has 142 valence electrons. The lowest BCUT2D eigenvalue weighted by molar-refractivity contribution is -0.115. The number of benzene rings is 2. The molecule has 1 unspecified atom stereocenters. The number of rotatable bonds is 6. The zero-order chi connectivity index (χ0) is 19.1. The number of ether oxygens (including phenoxy) is 1. The molecule has 0 aliphatic carbocycles. The summed E-state index contributed by atoms with van der Waals surface area (Å²) in [5.74, 6) is -0.116. The van der Waals surface area contributed by atoms with Gasteiger partial charge >= 0.3 is 6.03 Å². The molecule has 1 heterocycles. The van der Waals surface area contributed by atoms with Gasteiger partial charge in [0.25, 0.3) is 0 Å². The molecule has 0 radical (unpaired) electrons. The topological polar surface area (TPSA) is 105 Å². The first-order chi connectivity index (χ1) is 13.1. The third kappa shape index (κ3) is 6.00. The quantitative estimate of drug-likeness (QED) is 0.588. The Morgan fingerprint density at radius 3 is 2.30 bits per heavy atom. The number of hydrogen-bond donors (Lipinski definition) is 4. The third-order valence-electron chi connectivity index (χ3n) is 4.29. The molecular formula is C20H24N4O3. The minimum Gasteiger partial charge on any atom is -0.399 e. The van der Waals surface area contributed by atoms with E-state index in [-0.39, 0.29) is 24.5 Å². The van der Waals surface area contributed by atoms with Crippen molar-refractivity contribution in [1.29, 1.82) is 0 Å². The van der Waals surface area contributed by atoms with Crippen LogP contribution in [0.1, 0.15) is 18.4 Å². The van der Waals surface area contributed by atoms with E-state index < -0.39 is 0 Å². The van der Waals surface area contributed by atoms with Gasteiger partial charge in [-0.2, -0.15) is 0 Å². The highest BCUT2D eigenvalue weighted by Crippen LogP contribution is 2.15. The summed E-state index contributed by atoms with van der Waals surface area (Å²) in [4.78, 5) is 24.0. The SMILES string of the molecule is Nc1ccc(CC(=O)Nc2ccc(NC(=O)NCC3CCCO3)cc2)cc1. The predicted octanol–water partition coefficient (Wildman–Crippen LogP) is 2.75. The molecule has 7 heteroatoms. The van der Waals surface area contributed by atoms with Gasteiger partial charge in [0.05, 0.1) is 12.5 Å². The number of nitrogen functional groups attached to an aromatic ring is 1. The van der Waals surface area contributed by atoms with Crippen LogP contribution in [0.25, 0.3) is 0 Å². The summed E-state index contributed by atoms with van der Waals surface area (Å²) >= 11 is 0. The van der Waals surface area contributed by atoms with Crippen LogP contribution in [-0.4, -0.2) is 31.2 Å². The van der Waals surface area contributed by atoms with Crippen LogP contribution in [0.2, 0.25) is 0 Å². The fourth-order valence-electron chi connectivity index (χ4n) is 2.85. The standard InChI is InChI=1S/C20H24N4O3/c21-15-5-3-14(4-6-15)12-19(25)23-16-7-9-17(10-8-16)24-20(26)22-13-18-2-1-11-27-18/h3-10,18H,1-2,11-13,21H2,(H,23,25)(H2,22,24,26). The summed E-state index contributed by atoms with van der Waals surface area (Å²) < 4.78 is 5.47. The lowest BCUT2D eigenvalue weighted by Crippen LogP contribution is -2.35. The van der Waals surface area contributed by atoms with Gasteiger partial charge in [0.2, 0.25) is 5.91 Å². The molecule has 1 fully saturated rings. The summed E-state index contributed by atoms with van der Waals surface area (Å²) in [5, 5.41) is 8.39. The van der Waals surface area contributed by atoms with Gasteiger partial charge < -0.3 is 26.4 Å². The van der Waals surface area contributed by atoms with Gasteiger partial charge in [0.15, 0.2) is 0 Å². The van der Waals surface area contributed by atoms with Crippen molar-refractivity contribution >= 4 is 29.0 Å². The van der Waals surface area contributed by atoms with Gasteiger partial charge in [-0.15, -0.1) is 0 Å². The second-order valence-electron chi connectivity index (χ2n) is 6.51. The highest BCUT2D eigenvalue weighted by molar-refractivity contribution is 5.93. The van der Waals surface area contributed by atoms with E-state index in [1.54, 1.807) is 36.4 Å². The molecule has 0 spiro atoms. The molecule has 2 aromatic carbocycles. The van der Waals surface area contributed by atoms with E-state index in [0.29, 0.717) is 23.6 Å². The van der Waals surface area contributed by atoms with Crippen LogP contribution in [-0.2, 0) is 16.0 Å². The molecule has 3 amide bonds. The third-order valence-corrected chi connectivity index (χ3v) is 4.29. The van der Waals surface area contributed by atoms with E-state index in [1.165, 1.54) is 0 Å². The van der Waals surface area contributed by atoms with Crippen LogP contribution in [0.3, 0.4) is 0 Å². The molecule has 1 aliphatic rings. The van der Waals surface area contributed by atoms with Crippen molar-refractivity contribution in [3.8, 4) is 0 Å². The Bertz CT molecular complexity index is 769. The van der Waals surface area contributed by atoms with Crippen molar-refractivity contribution in [3.05, 3.63) is 54.1 Å². The normalized spacial score (nSPS) is 15.9. The molecule has 0 bridgehead atoms. The molecule has 2 aromatic rings. The number of hydrogen-bond acceptors (Lipinski definition) is 4. The Balaban J connectivity index is 1.44. The molecule has 1 aliphatic heterocycles. The van der Waals surface area contributed by atoms with E-state index in [4.69, 9.17) is 10.5 Å². The Morgan fingerprint density at radius 2 is 1.67 bits per heavy atom. The average molecular weight is 368 g/mol. The largest absolute Gasteiger partial charge is 0.399 e. The molecule has 1 saturated heterocycles. The minimum absolute atomic E-state index is 0.106. The lowest BCUT2D eigenvalue weighted by atomic mass is 10.1. The summed E-state index contributed by atoms with van der Waals surface area (Å²) in [7, 11) is 0.